The lowest BCUT2D eigenvalue weighted by atomic mass is 10.1. The summed E-state index contributed by atoms with van der Waals surface area (Å²) in [7, 11) is 6.07. The monoisotopic (exact) mass is 389 g/mol. The molecule has 1 saturated heterocycles. The van der Waals surface area contributed by atoms with Gasteiger partial charge in [-0.2, -0.15) is 0 Å². The van der Waals surface area contributed by atoms with Crippen molar-refractivity contribution in [1.29, 1.82) is 0 Å². The van der Waals surface area contributed by atoms with E-state index in [1.54, 1.807) is 29.2 Å². The van der Waals surface area contributed by atoms with Crippen molar-refractivity contribution in [3.63, 3.8) is 0 Å². The minimum Gasteiger partial charge on any atom is -0.493 e. The Morgan fingerprint density at radius 2 is 1.61 bits per heavy atom. The molecular weight excluding hydrogens is 366 g/mol. The van der Waals surface area contributed by atoms with Crippen molar-refractivity contribution in [1.82, 2.24) is 15.1 Å². The van der Waals surface area contributed by atoms with Crippen LogP contribution in [0.2, 0.25) is 0 Å². The van der Waals surface area contributed by atoms with Gasteiger partial charge < -0.3 is 28.6 Å². The van der Waals surface area contributed by atoms with Crippen LogP contribution in [0, 0.1) is 0 Å². The maximum atomic E-state index is 12.9. The molecule has 1 aliphatic heterocycles. The van der Waals surface area contributed by atoms with Crippen LogP contribution < -0.4 is 23.7 Å². The van der Waals surface area contributed by atoms with Crippen LogP contribution in [0.25, 0.3) is 0 Å². The van der Waals surface area contributed by atoms with E-state index in [0.717, 1.165) is 0 Å². The zero-order chi connectivity index (χ0) is 20.1. The maximum Gasteiger partial charge on any atom is 0.254 e. The third kappa shape index (κ3) is 4.03. The molecule has 0 aliphatic carbocycles. The largest absolute Gasteiger partial charge is 0.493 e. The van der Waals surface area contributed by atoms with Crippen LogP contribution in [0.15, 0.2) is 24.3 Å². The molecule has 0 saturated carbocycles. The van der Waals surface area contributed by atoms with Crippen molar-refractivity contribution in [2.75, 3.05) is 41.5 Å². The fraction of sp³-hybridized carbons (Fsp3) is 0.421. The zero-order valence-corrected chi connectivity index (χ0v) is 16.3. The molecule has 150 valence electrons. The molecule has 28 heavy (non-hydrogen) atoms. The Morgan fingerprint density at radius 3 is 2.14 bits per heavy atom. The first-order chi connectivity index (χ1) is 13.6. The van der Waals surface area contributed by atoms with E-state index in [1.807, 2.05) is 0 Å². The smallest absolute Gasteiger partial charge is 0.254 e. The summed E-state index contributed by atoms with van der Waals surface area (Å²) in [5.41, 5.74) is 0.458. The van der Waals surface area contributed by atoms with Gasteiger partial charge in [0.25, 0.3) is 5.91 Å². The van der Waals surface area contributed by atoms with Crippen LogP contribution in [0.5, 0.6) is 29.0 Å². The highest BCUT2D eigenvalue weighted by molar-refractivity contribution is 5.95. The Bertz CT molecular complexity index is 802. The number of hydrogen-bond acceptors (Lipinski definition) is 8. The molecule has 1 aliphatic rings. The van der Waals surface area contributed by atoms with Gasteiger partial charge in [0.2, 0.25) is 17.5 Å². The lowest BCUT2D eigenvalue weighted by molar-refractivity contribution is 0.0770. The Labute approximate surface area is 163 Å². The number of rotatable bonds is 7. The topological polar surface area (TPSA) is 92.2 Å². The standard InChI is InChI=1S/C19H23N3O6/c1-24-14-9-12(10-15(25-2)18(14)27-4)19(23)22-8-7-13(11-22)28-17-6-5-16(26-3)20-21-17/h5-6,9-10,13H,7-8,11H2,1-4H3. The molecule has 1 aromatic carbocycles. The zero-order valence-electron chi connectivity index (χ0n) is 16.3. The van der Waals surface area contributed by atoms with Crippen molar-refractivity contribution in [2.24, 2.45) is 0 Å². The predicted molar refractivity (Wildman–Crippen MR) is 99.6 cm³/mol. The molecule has 2 heterocycles. The molecule has 1 atom stereocenters. The Kier molecular flexibility index (Phi) is 6.03. The average Bonchev–Trinajstić information content (AvgIpc) is 3.20. The summed E-state index contributed by atoms with van der Waals surface area (Å²) in [5, 5.41) is 7.84. The van der Waals surface area contributed by atoms with E-state index in [2.05, 4.69) is 10.2 Å². The van der Waals surface area contributed by atoms with E-state index in [9.17, 15) is 4.79 Å². The van der Waals surface area contributed by atoms with E-state index in [4.69, 9.17) is 23.7 Å². The molecule has 0 N–H and O–H groups in total. The first-order valence-corrected chi connectivity index (χ1v) is 8.73. The van der Waals surface area contributed by atoms with Gasteiger partial charge >= 0.3 is 0 Å². The summed E-state index contributed by atoms with van der Waals surface area (Å²) in [6.07, 6.45) is 0.540. The summed E-state index contributed by atoms with van der Waals surface area (Å²) >= 11 is 0. The summed E-state index contributed by atoms with van der Waals surface area (Å²) in [6.45, 7) is 1.02. The molecule has 1 unspecified atom stereocenters. The molecule has 1 fully saturated rings. The van der Waals surface area contributed by atoms with Crippen LogP contribution in [0.3, 0.4) is 0 Å². The first-order valence-electron chi connectivity index (χ1n) is 8.73. The van der Waals surface area contributed by atoms with Gasteiger partial charge in [-0.25, -0.2) is 0 Å². The number of likely N-dealkylation sites (tertiary alicyclic amines) is 1. The Balaban J connectivity index is 1.70. The van der Waals surface area contributed by atoms with Crippen molar-refractivity contribution in [3.05, 3.63) is 29.8 Å². The van der Waals surface area contributed by atoms with E-state index in [0.29, 0.717) is 54.1 Å². The molecule has 9 nitrogen and oxygen atoms in total. The number of methoxy groups -OCH3 is 4. The summed E-state index contributed by atoms with van der Waals surface area (Å²) < 4.78 is 26.8. The SMILES string of the molecule is COc1ccc(OC2CCN(C(=O)c3cc(OC)c(OC)c(OC)c3)C2)nn1. The van der Waals surface area contributed by atoms with Crippen LogP contribution in [-0.2, 0) is 0 Å². The molecule has 1 amide bonds. The second-order valence-corrected chi connectivity index (χ2v) is 6.11. The quantitative estimate of drug-likeness (QED) is 0.708. The predicted octanol–water partition coefficient (Wildman–Crippen LogP) is 1.80. The van der Waals surface area contributed by atoms with E-state index in [-0.39, 0.29) is 12.0 Å². The highest BCUT2D eigenvalue weighted by atomic mass is 16.5. The fourth-order valence-corrected chi connectivity index (χ4v) is 3.05. The summed E-state index contributed by atoms with van der Waals surface area (Å²) in [6, 6.07) is 6.66. The molecule has 0 bridgehead atoms. The second kappa shape index (κ2) is 8.64. The highest BCUT2D eigenvalue weighted by Gasteiger charge is 2.30. The van der Waals surface area contributed by atoms with Gasteiger partial charge in [-0.15, -0.1) is 10.2 Å². The number of benzene rings is 1. The molecule has 2 aromatic rings. The lowest BCUT2D eigenvalue weighted by Gasteiger charge is -2.19. The average molecular weight is 389 g/mol. The Hall–Kier alpha value is -3.23. The number of hydrogen-bond donors (Lipinski definition) is 0. The van der Waals surface area contributed by atoms with Gasteiger partial charge in [0.15, 0.2) is 11.5 Å². The summed E-state index contributed by atoms with van der Waals surface area (Å²) in [5.74, 6) is 2.00. The molecule has 3 rings (SSSR count). The number of nitrogens with zero attached hydrogens (tertiary/aromatic N) is 3. The van der Waals surface area contributed by atoms with Crippen LogP contribution >= 0.6 is 0 Å². The van der Waals surface area contributed by atoms with Gasteiger partial charge in [0, 0.05) is 30.7 Å². The lowest BCUT2D eigenvalue weighted by Crippen LogP contribution is -2.31. The number of aromatic nitrogens is 2. The first kappa shape index (κ1) is 19.5. The molecule has 0 spiro atoms. The third-order valence-electron chi connectivity index (χ3n) is 4.46. The summed E-state index contributed by atoms with van der Waals surface area (Å²) in [4.78, 5) is 14.7. The van der Waals surface area contributed by atoms with Crippen molar-refractivity contribution in [2.45, 2.75) is 12.5 Å². The molecular formula is C19H23N3O6. The fourth-order valence-electron chi connectivity index (χ4n) is 3.05. The van der Waals surface area contributed by atoms with Crippen molar-refractivity contribution < 1.29 is 28.5 Å². The molecule has 9 heteroatoms. The highest BCUT2D eigenvalue weighted by Crippen LogP contribution is 2.38. The minimum atomic E-state index is -0.159. The van der Waals surface area contributed by atoms with Gasteiger partial charge in [-0.3, -0.25) is 4.79 Å². The number of carbonyl (C=O) groups is 1. The minimum absolute atomic E-state index is 0.133. The Morgan fingerprint density at radius 1 is 0.964 bits per heavy atom. The normalized spacial score (nSPS) is 15.9. The van der Waals surface area contributed by atoms with Gasteiger partial charge in [0.1, 0.15) is 6.10 Å². The number of ether oxygens (including phenoxy) is 5. The van der Waals surface area contributed by atoms with Crippen molar-refractivity contribution >= 4 is 5.91 Å². The van der Waals surface area contributed by atoms with E-state index >= 15 is 0 Å². The van der Waals surface area contributed by atoms with Gasteiger partial charge in [-0.1, -0.05) is 0 Å². The number of amides is 1. The van der Waals surface area contributed by atoms with Gasteiger partial charge in [0.05, 0.1) is 35.0 Å². The van der Waals surface area contributed by atoms with Crippen LogP contribution in [0.4, 0.5) is 0 Å². The van der Waals surface area contributed by atoms with Gasteiger partial charge in [-0.05, 0) is 12.1 Å². The van der Waals surface area contributed by atoms with Crippen LogP contribution in [0.1, 0.15) is 16.8 Å². The maximum absolute atomic E-state index is 12.9. The molecule has 0 radical (unpaired) electrons. The van der Waals surface area contributed by atoms with Crippen molar-refractivity contribution in [3.8, 4) is 29.0 Å². The van der Waals surface area contributed by atoms with Crippen LogP contribution in [-0.4, -0.2) is 68.6 Å². The van der Waals surface area contributed by atoms with E-state index < -0.39 is 0 Å². The van der Waals surface area contributed by atoms with E-state index in [1.165, 1.54) is 28.4 Å². The third-order valence-corrected chi connectivity index (χ3v) is 4.46. The number of carbonyl (C=O) groups excluding carboxylic acids is 1. The second-order valence-electron chi connectivity index (χ2n) is 6.11. The molecule has 1 aromatic heterocycles.